The summed E-state index contributed by atoms with van der Waals surface area (Å²) in [5.74, 6) is -0.622. The molecule has 3 amide bonds. The molecule has 0 spiro atoms. The number of carbonyl (C=O) groups is 3. The molecule has 0 radical (unpaired) electrons. The van der Waals surface area contributed by atoms with Gasteiger partial charge in [-0.05, 0) is 63.4 Å². The Labute approximate surface area is 269 Å². The van der Waals surface area contributed by atoms with Crippen molar-refractivity contribution in [2.45, 2.75) is 64.3 Å². The number of hydrogen-bond donors (Lipinski definition) is 1. The second kappa shape index (κ2) is 13.9. The molecule has 1 unspecified atom stereocenters. The van der Waals surface area contributed by atoms with E-state index in [1.807, 2.05) is 13.8 Å². The Bertz CT molecular complexity index is 1430. The predicted molar refractivity (Wildman–Crippen MR) is 170 cm³/mol. The van der Waals surface area contributed by atoms with E-state index < -0.39 is 6.09 Å². The van der Waals surface area contributed by atoms with Gasteiger partial charge in [0, 0.05) is 57.9 Å². The van der Waals surface area contributed by atoms with E-state index in [4.69, 9.17) is 9.47 Å². The van der Waals surface area contributed by atoms with E-state index in [9.17, 15) is 23.9 Å². The van der Waals surface area contributed by atoms with Gasteiger partial charge >= 0.3 is 6.09 Å². The molecular weight excluding hydrogens is 595 g/mol. The molecule has 5 atom stereocenters. The van der Waals surface area contributed by atoms with Crippen molar-refractivity contribution in [2.75, 3.05) is 65.0 Å². The van der Waals surface area contributed by atoms with Crippen molar-refractivity contribution in [3.8, 4) is 5.88 Å². The minimum atomic E-state index is -0.967. The van der Waals surface area contributed by atoms with Gasteiger partial charge in [-0.2, -0.15) is 0 Å². The lowest BCUT2D eigenvalue weighted by atomic mass is 10.0. The molecule has 12 nitrogen and oxygen atoms in total. The first-order valence-electron chi connectivity index (χ1n) is 15.9. The largest absolute Gasteiger partial charge is 0.474 e. The maximum Gasteiger partial charge on any atom is 0.407 e. The zero-order chi connectivity index (χ0) is 33.3. The highest BCUT2D eigenvalue weighted by Gasteiger charge is 2.40. The van der Waals surface area contributed by atoms with E-state index in [1.54, 1.807) is 37.2 Å². The van der Waals surface area contributed by atoms with Gasteiger partial charge in [0.05, 0.1) is 25.8 Å². The molecule has 5 rings (SSSR count). The highest BCUT2D eigenvalue weighted by molar-refractivity contribution is 5.99. The highest BCUT2D eigenvalue weighted by Crippen LogP contribution is 2.36. The molecule has 0 bridgehead atoms. The van der Waals surface area contributed by atoms with Gasteiger partial charge in [-0.1, -0.05) is 12.1 Å². The standard InChI is InChI=1S/C33H45FN6O6/c1-20-13-37(27(15-39(20)33(43)44)14-38-21(2)17-45-18-22(38)3)16-29(41)40-23(4)19-46-31-28(40)12-25(30(35-31)32(42)36(5)6)11-24-7-9-26(34)10-8-24/h7-10,12,20-23,27H,11,13-19H2,1-6H3,(H,43,44)/t20-,21-,22-,23?,27+/m1/s1. The minimum absolute atomic E-state index is 0.0744. The monoisotopic (exact) mass is 640 g/mol. The van der Waals surface area contributed by atoms with Gasteiger partial charge in [-0.25, -0.2) is 14.2 Å². The van der Waals surface area contributed by atoms with Crippen LogP contribution in [0.3, 0.4) is 0 Å². The van der Waals surface area contributed by atoms with Crippen LogP contribution in [0.1, 0.15) is 49.3 Å². The Hall–Kier alpha value is -3.81. The predicted octanol–water partition coefficient (Wildman–Crippen LogP) is 2.79. The highest BCUT2D eigenvalue weighted by atomic mass is 19.1. The fraction of sp³-hybridized carbons (Fsp3) is 0.576. The zero-order valence-electron chi connectivity index (χ0n) is 27.5. The Morgan fingerprint density at radius 2 is 1.65 bits per heavy atom. The lowest BCUT2D eigenvalue weighted by Gasteiger charge is -2.48. The minimum Gasteiger partial charge on any atom is -0.474 e. The third kappa shape index (κ3) is 7.11. The van der Waals surface area contributed by atoms with Crippen LogP contribution in [0.2, 0.25) is 0 Å². The fourth-order valence-electron chi connectivity index (χ4n) is 6.68. The van der Waals surface area contributed by atoms with E-state index in [0.717, 1.165) is 5.56 Å². The third-order valence-electron chi connectivity index (χ3n) is 9.21. The van der Waals surface area contributed by atoms with Gasteiger partial charge in [0.25, 0.3) is 5.91 Å². The number of piperazine rings is 1. The first-order chi connectivity index (χ1) is 21.8. The van der Waals surface area contributed by atoms with E-state index in [0.29, 0.717) is 44.0 Å². The average molecular weight is 641 g/mol. The molecule has 13 heteroatoms. The molecular formula is C33H45FN6O6. The van der Waals surface area contributed by atoms with Crippen LogP contribution < -0.4 is 9.64 Å². The molecule has 1 N–H and O–H groups in total. The molecule has 3 aliphatic rings. The first kappa shape index (κ1) is 33.6. The van der Waals surface area contributed by atoms with Gasteiger partial charge in [-0.3, -0.25) is 19.4 Å². The second-order valence-electron chi connectivity index (χ2n) is 13.0. The lowest BCUT2D eigenvalue weighted by molar-refractivity contribution is -0.122. The number of hydrogen-bond acceptors (Lipinski definition) is 8. The summed E-state index contributed by atoms with van der Waals surface area (Å²) in [4.78, 5) is 53.2. The van der Waals surface area contributed by atoms with E-state index in [-0.39, 0.29) is 79.1 Å². The van der Waals surface area contributed by atoms with Gasteiger partial charge in [0.15, 0.2) is 0 Å². The third-order valence-corrected chi connectivity index (χ3v) is 9.21. The molecule has 46 heavy (non-hydrogen) atoms. The van der Waals surface area contributed by atoms with Crippen LogP contribution >= 0.6 is 0 Å². The number of nitrogens with zero attached hydrogens (tertiary/aromatic N) is 6. The number of aromatic nitrogens is 1. The average Bonchev–Trinajstić information content (AvgIpc) is 3.00. The number of carbonyl (C=O) groups excluding carboxylic acids is 2. The number of rotatable bonds is 7. The maximum absolute atomic E-state index is 14.3. The van der Waals surface area contributed by atoms with Crippen LogP contribution in [0.25, 0.3) is 0 Å². The lowest BCUT2D eigenvalue weighted by Crippen LogP contribution is -2.65. The zero-order valence-corrected chi connectivity index (χ0v) is 27.5. The molecule has 1 aromatic heterocycles. The van der Waals surface area contributed by atoms with Crippen molar-refractivity contribution in [3.05, 3.63) is 53.0 Å². The maximum atomic E-state index is 14.3. The van der Waals surface area contributed by atoms with E-state index in [1.165, 1.54) is 21.9 Å². The van der Waals surface area contributed by atoms with Crippen molar-refractivity contribution < 1.29 is 33.4 Å². The molecule has 1 aromatic carbocycles. The van der Waals surface area contributed by atoms with Crippen molar-refractivity contribution in [1.82, 2.24) is 24.6 Å². The summed E-state index contributed by atoms with van der Waals surface area (Å²) in [6.07, 6.45) is -0.663. The second-order valence-corrected chi connectivity index (χ2v) is 13.0. The van der Waals surface area contributed by atoms with Crippen LogP contribution in [-0.2, 0) is 16.0 Å². The van der Waals surface area contributed by atoms with Crippen molar-refractivity contribution >= 4 is 23.6 Å². The molecule has 4 heterocycles. The van der Waals surface area contributed by atoms with E-state index >= 15 is 0 Å². The molecule has 0 aliphatic carbocycles. The number of fused-ring (bicyclic) bond motifs is 1. The summed E-state index contributed by atoms with van der Waals surface area (Å²) in [6, 6.07) is 7.36. The number of ether oxygens (including phenoxy) is 2. The number of anilines is 1. The van der Waals surface area contributed by atoms with Gasteiger partial charge < -0.3 is 29.3 Å². The number of benzene rings is 1. The number of morpholine rings is 1. The van der Waals surface area contributed by atoms with Crippen LogP contribution in [0.15, 0.2) is 30.3 Å². The Morgan fingerprint density at radius 1 is 0.978 bits per heavy atom. The van der Waals surface area contributed by atoms with Crippen LogP contribution in [0.4, 0.5) is 14.9 Å². The number of pyridine rings is 1. The van der Waals surface area contributed by atoms with Gasteiger partial charge in [-0.15, -0.1) is 0 Å². The van der Waals surface area contributed by atoms with Gasteiger partial charge in [0.1, 0.15) is 23.8 Å². The molecule has 250 valence electrons. The van der Waals surface area contributed by atoms with Gasteiger partial charge in [0.2, 0.25) is 11.8 Å². The van der Waals surface area contributed by atoms with Crippen LogP contribution in [-0.4, -0.2) is 138 Å². The summed E-state index contributed by atoms with van der Waals surface area (Å²) in [5, 5.41) is 9.93. The Morgan fingerprint density at radius 3 is 2.28 bits per heavy atom. The number of amides is 3. The van der Waals surface area contributed by atoms with Crippen LogP contribution in [0, 0.1) is 5.82 Å². The quantitative estimate of drug-likeness (QED) is 0.488. The van der Waals surface area contributed by atoms with Crippen LogP contribution in [0.5, 0.6) is 5.88 Å². The number of halogens is 1. The Kier molecular flexibility index (Phi) is 10.1. The van der Waals surface area contributed by atoms with E-state index in [2.05, 4.69) is 28.6 Å². The molecule has 0 saturated carbocycles. The molecule has 2 saturated heterocycles. The SMILES string of the molecule is CC1COc2nc(C(=O)N(C)C)c(Cc3ccc(F)cc3)cc2N1C(=O)CN1C[C@@H](C)N(C(=O)O)C[C@@H]1CN1[C@H](C)COC[C@H]1C. The summed E-state index contributed by atoms with van der Waals surface area (Å²) in [7, 11) is 3.29. The summed E-state index contributed by atoms with van der Waals surface area (Å²) < 4.78 is 25.3. The number of carboxylic acid groups (broad SMARTS) is 1. The normalized spacial score (nSPS) is 25.5. The smallest absolute Gasteiger partial charge is 0.407 e. The van der Waals surface area contributed by atoms with Crippen molar-refractivity contribution in [3.63, 3.8) is 0 Å². The summed E-state index contributed by atoms with van der Waals surface area (Å²) in [5.41, 5.74) is 2.07. The summed E-state index contributed by atoms with van der Waals surface area (Å²) in [6.45, 7) is 10.7. The first-order valence-corrected chi connectivity index (χ1v) is 15.9. The molecule has 3 aliphatic heterocycles. The van der Waals surface area contributed by atoms with Crippen molar-refractivity contribution in [1.29, 1.82) is 0 Å². The molecule has 2 aromatic rings. The van der Waals surface area contributed by atoms with Crippen molar-refractivity contribution in [2.24, 2.45) is 0 Å². The molecule has 2 fully saturated rings. The Balaban J connectivity index is 1.46. The fourth-order valence-corrected chi connectivity index (χ4v) is 6.68. The topological polar surface area (TPSA) is 119 Å². The summed E-state index contributed by atoms with van der Waals surface area (Å²) >= 11 is 0.